The van der Waals surface area contributed by atoms with Gasteiger partial charge in [0, 0.05) is 16.8 Å². The van der Waals surface area contributed by atoms with Gasteiger partial charge in [-0.2, -0.15) is 0 Å². The fourth-order valence-electron chi connectivity index (χ4n) is 3.10. The van der Waals surface area contributed by atoms with Gasteiger partial charge in [-0.05, 0) is 38.3 Å². The van der Waals surface area contributed by atoms with E-state index in [0.29, 0.717) is 27.8 Å². The number of H-pyrrole nitrogens is 2. The molecule has 0 spiro atoms. The molecular weight excluding hydrogens is 360 g/mol. The average Bonchev–Trinajstić information content (AvgIpc) is 3.24. The molecule has 0 saturated carbocycles. The van der Waals surface area contributed by atoms with Crippen molar-refractivity contribution in [2.75, 3.05) is 5.75 Å². The van der Waals surface area contributed by atoms with Crippen LogP contribution in [0.5, 0.6) is 0 Å². The molecule has 2 N–H and O–H groups in total. The van der Waals surface area contributed by atoms with Gasteiger partial charge in [0.05, 0.1) is 11.4 Å². The van der Waals surface area contributed by atoms with Crippen LogP contribution in [-0.4, -0.2) is 37.5 Å². The number of thioether (sulfide) groups is 1. The van der Waals surface area contributed by atoms with Crippen LogP contribution in [-0.2, 0) is 6.42 Å². The van der Waals surface area contributed by atoms with E-state index in [2.05, 4.69) is 39.2 Å². The van der Waals surface area contributed by atoms with Gasteiger partial charge < -0.3 is 4.98 Å². The van der Waals surface area contributed by atoms with Crippen LogP contribution in [0.4, 0.5) is 0 Å². The Morgan fingerprint density at radius 2 is 1.85 bits per heavy atom. The van der Waals surface area contributed by atoms with Crippen molar-refractivity contribution in [3.05, 3.63) is 52.3 Å². The van der Waals surface area contributed by atoms with Crippen molar-refractivity contribution in [2.24, 2.45) is 0 Å². The van der Waals surface area contributed by atoms with Crippen LogP contribution in [0, 0.1) is 13.8 Å². The SMILES string of the molecule is CCc1ccc(-c2nc(SCC(=O)c3[nH]c(C)c(C(C)=O)c3C)n[nH]2)cc1. The molecule has 140 valence electrons. The number of hydrogen-bond acceptors (Lipinski definition) is 5. The maximum atomic E-state index is 12.5. The van der Waals surface area contributed by atoms with E-state index in [1.165, 1.54) is 24.2 Å². The molecule has 0 aliphatic carbocycles. The van der Waals surface area contributed by atoms with Gasteiger partial charge in [-0.3, -0.25) is 14.7 Å². The number of aryl methyl sites for hydroxylation is 2. The number of aromatic amines is 2. The molecule has 0 unspecified atom stereocenters. The number of ketones is 2. The van der Waals surface area contributed by atoms with Crippen molar-refractivity contribution in [3.63, 3.8) is 0 Å². The molecule has 0 radical (unpaired) electrons. The van der Waals surface area contributed by atoms with Gasteiger partial charge in [0.15, 0.2) is 17.4 Å². The lowest BCUT2D eigenvalue weighted by atomic mass is 10.1. The molecule has 0 aliphatic heterocycles. The highest BCUT2D eigenvalue weighted by Crippen LogP contribution is 2.23. The Morgan fingerprint density at radius 3 is 2.44 bits per heavy atom. The number of aromatic nitrogens is 4. The van der Waals surface area contributed by atoms with E-state index >= 15 is 0 Å². The monoisotopic (exact) mass is 382 g/mol. The average molecular weight is 382 g/mol. The van der Waals surface area contributed by atoms with E-state index in [1.807, 2.05) is 12.1 Å². The first-order chi connectivity index (χ1) is 12.9. The summed E-state index contributed by atoms with van der Waals surface area (Å²) >= 11 is 1.27. The number of carbonyl (C=O) groups excluding carboxylic acids is 2. The quantitative estimate of drug-likeness (QED) is 0.473. The number of carbonyl (C=O) groups is 2. The number of hydrogen-bond donors (Lipinski definition) is 2. The summed E-state index contributed by atoms with van der Waals surface area (Å²) in [7, 11) is 0. The van der Waals surface area contributed by atoms with Crippen molar-refractivity contribution < 1.29 is 9.59 Å². The van der Waals surface area contributed by atoms with Crippen molar-refractivity contribution in [2.45, 2.75) is 39.3 Å². The van der Waals surface area contributed by atoms with Gasteiger partial charge in [-0.1, -0.05) is 43.0 Å². The standard InChI is InChI=1S/C20H22N4O2S/c1-5-14-6-8-15(9-7-14)19-22-20(24-23-19)27-10-16(26)18-11(2)17(13(4)25)12(3)21-18/h6-9,21H,5,10H2,1-4H3,(H,22,23,24). The second kappa shape index (κ2) is 7.92. The first-order valence-electron chi connectivity index (χ1n) is 8.78. The topological polar surface area (TPSA) is 91.5 Å². The molecule has 3 rings (SSSR count). The number of benzene rings is 1. The number of rotatable bonds is 7. The third-order valence-corrected chi connectivity index (χ3v) is 5.35. The van der Waals surface area contributed by atoms with Crippen LogP contribution in [0.25, 0.3) is 11.4 Å². The Balaban J connectivity index is 1.69. The molecule has 0 atom stereocenters. The molecule has 3 aromatic rings. The zero-order valence-corrected chi connectivity index (χ0v) is 16.7. The van der Waals surface area contributed by atoms with Gasteiger partial charge in [-0.15, -0.1) is 5.10 Å². The number of nitrogens with one attached hydrogen (secondary N) is 2. The summed E-state index contributed by atoms with van der Waals surface area (Å²) in [5, 5.41) is 7.62. The van der Waals surface area contributed by atoms with Crippen LogP contribution in [0.2, 0.25) is 0 Å². The normalized spacial score (nSPS) is 11.0. The molecule has 1 aromatic carbocycles. The molecule has 0 amide bonds. The molecule has 7 heteroatoms. The molecule has 6 nitrogen and oxygen atoms in total. The fraction of sp³-hybridized carbons (Fsp3) is 0.300. The van der Waals surface area contributed by atoms with E-state index in [-0.39, 0.29) is 17.3 Å². The van der Waals surface area contributed by atoms with Crippen molar-refractivity contribution >= 4 is 23.3 Å². The van der Waals surface area contributed by atoms with Crippen LogP contribution >= 0.6 is 11.8 Å². The Kier molecular flexibility index (Phi) is 5.60. The minimum Gasteiger partial charge on any atom is -0.355 e. The largest absolute Gasteiger partial charge is 0.355 e. The van der Waals surface area contributed by atoms with E-state index in [4.69, 9.17) is 0 Å². The zero-order valence-electron chi connectivity index (χ0n) is 15.8. The van der Waals surface area contributed by atoms with Gasteiger partial charge in [0.25, 0.3) is 0 Å². The Bertz CT molecular complexity index is 986. The molecule has 0 aliphatic rings. The molecule has 0 fully saturated rings. The van der Waals surface area contributed by atoms with Gasteiger partial charge in [-0.25, -0.2) is 4.98 Å². The molecular formula is C20H22N4O2S. The van der Waals surface area contributed by atoms with E-state index in [1.54, 1.807) is 13.8 Å². The first kappa shape index (κ1) is 19.1. The van der Waals surface area contributed by atoms with Gasteiger partial charge >= 0.3 is 0 Å². The van der Waals surface area contributed by atoms with E-state index < -0.39 is 0 Å². The van der Waals surface area contributed by atoms with Crippen molar-refractivity contribution in [1.29, 1.82) is 0 Å². The summed E-state index contributed by atoms with van der Waals surface area (Å²) in [5.74, 6) is 0.760. The molecule has 27 heavy (non-hydrogen) atoms. The molecule has 0 saturated heterocycles. The lowest BCUT2D eigenvalue weighted by molar-refractivity contribution is 0.101. The smallest absolute Gasteiger partial charge is 0.209 e. The van der Waals surface area contributed by atoms with Crippen LogP contribution < -0.4 is 0 Å². The highest BCUT2D eigenvalue weighted by atomic mass is 32.2. The maximum absolute atomic E-state index is 12.5. The summed E-state index contributed by atoms with van der Waals surface area (Å²) in [6.07, 6.45) is 0.989. The van der Waals surface area contributed by atoms with Crippen LogP contribution in [0.15, 0.2) is 29.4 Å². The second-order valence-corrected chi connectivity index (χ2v) is 7.35. The van der Waals surface area contributed by atoms with E-state index in [0.717, 1.165) is 17.7 Å². The molecule has 2 heterocycles. The predicted molar refractivity (Wildman–Crippen MR) is 107 cm³/mol. The summed E-state index contributed by atoms with van der Waals surface area (Å²) in [6.45, 7) is 7.22. The van der Waals surface area contributed by atoms with Crippen LogP contribution in [0.1, 0.15) is 51.5 Å². The van der Waals surface area contributed by atoms with Crippen molar-refractivity contribution in [1.82, 2.24) is 20.2 Å². The van der Waals surface area contributed by atoms with Gasteiger partial charge in [0.2, 0.25) is 5.16 Å². The van der Waals surface area contributed by atoms with Crippen LogP contribution in [0.3, 0.4) is 0 Å². The summed E-state index contributed by atoms with van der Waals surface area (Å²) < 4.78 is 0. The highest BCUT2D eigenvalue weighted by Gasteiger charge is 2.20. The summed E-state index contributed by atoms with van der Waals surface area (Å²) in [6, 6.07) is 8.15. The molecule has 2 aromatic heterocycles. The highest BCUT2D eigenvalue weighted by molar-refractivity contribution is 7.99. The Labute approximate surface area is 162 Å². The molecule has 0 bridgehead atoms. The Hall–Kier alpha value is -2.67. The number of nitrogens with zero attached hydrogens (tertiary/aromatic N) is 2. The summed E-state index contributed by atoms with van der Waals surface area (Å²) in [5.41, 5.74) is 4.73. The third-order valence-electron chi connectivity index (χ3n) is 4.50. The zero-order chi connectivity index (χ0) is 19.6. The fourth-order valence-corrected chi connectivity index (χ4v) is 3.77. The minimum absolute atomic E-state index is 0.0411. The maximum Gasteiger partial charge on any atom is 0.209 e. The third kappa shape index (κ3) is 4.03. The van der Waals surface area contributed by atoms with Crippen molar-refractivity contribution in [3.8, 4) is 11.4 Å². The minimum atomic E-state index is -0.0771. The lowest BCUT2D eigenvalue weighted by Crippen LogP contribution is -2.05. The van der Waals surface area contributed by atoms with E-state index in [9.17, 15) is 9.59 Å². The Morgan fingerprint density at radius 1 is 1.15 bits per heavy atom. The predicted octanol–water partition coefficient (Wildman–Crippen LogP) is 4.16. The van der Waals surface area contributed by atoms with Gasteiger partial charge in [0.1, 0.15) is 0 Å². The number of Topliss-reactive ketones (excluding diaryl/α,β-unsaturated/α-hetero) is 2. The first-order valence-corrected chi connectivity index (χ1v) is 9.77. The second-order valence-electron chi connectivity index (χ2n) is 6.41. The lowest BCUT2D eigenvalue weighted by Gasteiger charge is -1.99. The summed E-state index contributed by atoms with van der Waals surface area (Å²) in [4.78, 5) is 31.8.